The van der Waals surface area contributed by atoms with E-state index < -0.39 is 0 Å². The molecule has 1 N–H and O–H groups in total. The Labute approximate surface area is 110 Å². The van der Waals surface area contributed by atoms with E-state index in [9.17, 15) is 0 Å². The van der Waals surface area contributed by atoms with Crippen molar-refractivity contribution in [1.29, 1.82) is 0 Å². The van der Waals surface area contributed by atoms with Crippen LogP contribution in [0.25, 0.3) is 0 Å². The number of likely N-dealkylation sites (N-methyl/N-ethyl adjacent to an activating group) is 1. The second-order valence-corrected chi connectivity index (χ2v) is 7.04. The zero-order valence-corrected chi connectivity index (χ0v) is 12.3. The summed E-state index contributed by atoms with van der Waals surface area (Å²) >= 11 is 5.33. The first-order chi connectivity index (χ1) is 7.66. The summed E-state index contributed by atoms with van der Waals surface area (Å²) in [4.78, 5) is 3.87. The molecule has 16 heavy (non-hydrogen) atoms. The van der Waals surface area contributed by atoms with E-state index in [0.29, 0.717) is 6.04 Å². The molecule has 1 fully saturated rings. The van der Waals surface area contributed by atoms with Crippen molar-refractivity contribution in [3.8, 4) is 0 Å². The maximum absolute atomic E-state index is 3.63. The maximum atomic E-state index is 3.63. The average molecular weight is 303 g/mol. The number of hydrogen-bond acceptors (Lipinski definition) is 3. The van der Waals surface area contributed by atoms with Crippen molar-refractivity contribution in [2.75, 3.05) is 20.1 Å². The molecule has 90 valence electrons. The molecule has 2 heterocycles. The first-order valence-corrected chi connectivity index (χ1v) is 7.46. The van der Waals surface area contributed by atoms with Gasteiger partial charge < -0.3 is 10.2 Å². The summed E-state index contributed by atoms with van der Waals surface area (Å²) in [6.45, 7) is 4.60. The van der Waals surface area contributed by atoms with Gasteiger partial charge in [0.15, 0.2) is 0 Å². The van der Waals surface area contributed by atoms with Crippen LogP contribution in [0.3, 0.4) is 0 Å². The molecule has 0 amide bonds. The second kappa shape index (κ2) is 5.63. The van der Waals surface area contributed by atoms with Crippen LogP contribution in [0.2, 0.25) is 0 Å². The minimum atomic E-state index is 0.463. The van der Waals surface area contributed by atoms with Crippen LogP contribution in [0.5, 0.6) is 0 Å². The predicted octanol–water partition coefficient (Wildman–Crippen LogP) is 3.26. The quantitative estimate of drug-likeness (QED) is 0.918. The topological polar surface area (TPSA) is 15.3 Å². The molecule has 2 unspecified atom stereocenters. The number of nitrogens with zero attached hydrogens (tertiary/aromatic N) is 1. The lowest BCUT2D eigenvalue weighted by molar-refractivity contribution is 0.294. The Bertz CT molecular complexity index is 340. The third-order valence-corrected chi connectivity index (χ3v) is 5.16. The van der Waals surface area contributed by atoms with E-state index in [1.165, 1.54) is 28.0 Å². The van der Waals surface area contributed by atoms with E-state index in [2.05, 4.69) is 52.3 Å². The van der Waals surface area contributed by atoms with E-state index in [1.807, 2.05) is 11.3 Å². The molecule has 0 spiro atoms. The molecule has 1 aromatic heterocycles. The molecule has 0 aliphatic carbocycles. The van der Waals surface area contributed by atoms with Gasteiger partial charge in [-0.1, -0.05) is 0 Å². The Morgan fingerprint density at radius 2 is 2.44 bits per heavy atom. The Morgan fingerprint density at radius 1 is 1.62 bits per heavy atom. The molecule has 2 rings (SSSR count). The van der Waals surface area contributed by atoms with Crippen LogP contribution in [0.4, 0.5) is 0 Å². The van der Waals surface area contributed by atoms with Gasteiger partial charge in [0.1, 0.15) is 0 Å². The Morgan fingerprint density at radius 3 is 3.00 bits per heavy atom. The summed E-state index contributed by atoms with van der Waals surface area (Å²) in [5.74, 6) is 0. The van der Waals surface area contributed by atoms with Crippen LogP contribution in [-0.4, -0.2) is 31.1 Å². The summed E-state index contributed by atoms with van der Waals surface area (Å²) in [6.07, 6.45) is 2.69. The van der Waals surface area contributed by atoms with Gasteiger partial charge in [0, 0.05) is 23.5 Å². The van der Waals surface area contributed by atoms with Crippen LogP contribution in [0.1, 0.15) is 30.7 Å². The van der Waals surface area contributed by atoms with Crippen molar-refractivity contribution in [2.45, 2.75) is 31.8 Å². The van der Waals surface area contributed by atoms with Crippen LogP contribution < -0.4 is 5.32 Å². The van der Waals surface area contributed by atoms with Crippen molar-refractivity contribution in [3.05, 3.63) is 20.8 Å². The first kappa shape index (κ1) is 12.6. The number of halogens is 1. The Balaban J connectivity index is 1.81. The molecule has 2 atom stereocenters. The highest BCUT2D eigenvalue weighted by molar-refractivity contribution is 9.11. The molecule has 0 aromatic carbocycles. The first-order valence-electron chi connectivity index (χ1n) is 5.85. The van der Waals surface area contributed by atoms with Gasteiger partial charge in [-0.25, -0.2) is 0 Å². The van der Waals surface area contributed by atoms with Gasteiger partial charge in [0.2, 0.25) is 0 Å². The van der Waals surface area contributed by atoms with Crippen molar-refractivity contribution in [3.63, 3.8) is 0 Å². The maximum Gasteiger partial charge on any atom is 0.0701 e. The molecular formula is C12H19BrN2S. The molecule has 4 heteroatoms. The van der Waals surface area contributed by atoms with Crippen LogP contribution in [-0.2, 0) is 0 Å². The summed E-state index contributed by atoms with van der Waals surface area (Å²) in [5.41, 5.74) is 0. The third kappa shape index (κ3) is 3.06. The highest BCUT2D eigenvalue weighted by Crippen LogP contribution is 2.27. The number of likely N-dealkylation sites (tertiary alicyclic amines) is 1. The zero-order chi connectivity index (χ0) is 11.5. The van der Waals surface area contributed by atoms with Crippen LogP contribution >= 0.6 is 27.3 Å². The van der Waals surface area contributed by atoms with Gasteiger partial charge in [-0.05, 0) is 61.4 Å². The van der Waals surface area contributed by atoms with Gasteiger partial charge >= 0.3 is 0 Å². The molecule has 1 saturated heterocycles. The largest absolute Gasteiger partial charge is 0.308 e. The molecule has 1 aromatic rings. The zero-order valence-electron chi connectivity index (χ0n) is 9.87. The smallest absolute Gasteiger partial charge is 0.0701 e. The molecule has 0 bridgehead atoms. The fraction of sp³-hybridized carbons (Fsp3) is 0.667. The summed E-state index contributed by atoms with van der Waals surface area (Å²) in [5, 5.41) is 3.63. The standard InChI is InChI=1S/C12H19BrN2S/c1-9(11-5-6-12(13)16-11)14-8-10-4-3-7-15(10)2/h5-6,9-10,14H,3-4,7-8H2,1-2H3. The number of hydrogen-bond donors (Lipinski definition) is 1. The summed E-state index contributed by atoms with van der Waals surface area (Å²) in [6, 6.07) is 5.51. The number of thiophene rings is 1. The predicted molar refractivity (Wildman–Crippen MR) is 74.1 cm³/mol. The fourth-order valence-corrected chi connectivity index (χ4v) is 3.66. The van der Waals surface area contributed by atoms with Crippen molar-refractivity contribution >= 4 is 27.3 Å². The second-order valence-electron chi connectivity index (χ2n) is 4.55. The van der Waals surface area contributed by atoms with Crippen molar-refractivity contribution in [1.82, 2.24) is 10.2 Å². The van der Waals surface area contributed by atoms with Gasteiger partial charge in [-0.3, -0.25) is 0 Å². The third-order valence-electron chi connectivity index (χ3n) is 3.35. The van der Waals surface area contributed by atoms with Crippen LogP contribution in [0.15, 0.2) is 15.9 Å². The van der Waals surface area contributed by atoms with Gasteiger partial charge in [-0.2, -0.15) is 0 Å². The van der Waals surface area contributed by atoms with Crippen LogP contribution in [0, 0.1) is 0 Å². The summed E-state index contributed by atoms with van der Waals surface area (Å²) in [7, 11) is 2.23. The fourth-order valence-electron chi connectivity index (χ4n) is 2.21. The normalized spacial score (nSPS) is 23.8. The average Bonchev–Trinajstić information content (AvgIpc) is 2.84. The van der Waals surface area contributed by atoms with Gasteiger partial charge in [0.25, 0.3) is 0 Å². The van der Waals surface area contributed by atoms with E-state index in [-0.39, 0.29) is 0 Å². The van der Waals surface area contributed by atoms with E-state index in [1.54, 1.807) is 0 Å². The Hall–Kier alpha value is 0.1000. The molecule has 1 aliphatic rings. The highest BCUT2D eigenvalue weighted by Gasteiger charge is 2.21. The van der Waals surface area contributed by atoms with E-state index >= 15 is 0 Å². The van der Waals surface area contributed by atoms with Crippen molar-refractivity contribution < 1.29 is 0 Å². The SMILES string of the molecule is CC(NCC1CCCN1C)c1ccc(Br)s1. The highest BCUT2D eigenvalue weighted by atomic mass is 79.9. The monoisotopic (exact) mass is 302 g/mol. The molecule has 0 saturated carbocycles. The molecule has 2 nitrogen and oxygen atoms in total. The molecule has 1 aliphatic heterocycles. The van der Waals surface area contributed by atoms with Gasteiger partial charge in [-0.15, -0.1) is 11.3 Å². The van der Waals surface area contributed by atoms with E-state index in [0.717, 1.165) is 12.6 Å². The number of nitrogens with one attached hydrogen (secondary N) is 1. The molecular weight excluding hydrogens is 284 g/mol. The number of rotatable bonds is 4. The minimum Gasteiger partial charge on any atom is -0.308 e. The summed E-state index contributed by atoms with van der Waals surface area (Å²) < 4.78 is 1.22. The van der Waals surface area contributed by atoms with Crippen molar-refractivity contribution in [2.24, 2.45) is 0 Å². The minimum absolute atomic E-state index is 0.463. The van der Waals surface area contributed by atoms with E-state index in [4.69, 9.17) is 0 Å². The van der Waals surface area contributed by atoms with Gasteiger partial charge in [0.05, 0.1) is 3.79 Å². The lowest BCUT2D eigenvalue weighted by atomic mass is 10.2. The Kier molecular flexibility index (Phi) is 4.41. The molecule has 0 radical (unpaired) electrons. The lowest BCUT2D eigenvalue weighted by Gasteiger charge is -2.22. The lowest BCUT2D eigenvalue weighted by Crippen LogP contribution is -2.36.